The van der Waals surface area contributed by atoms with Gasteiger partial charge in [-0.2, -0.15) is 0 Å². The number of nitrogens with zero attached hydrogens (tertiary/aromatic N) is 3. The largest absolute Gasteiger partial charge is 0.399 e. The lowest BCUT2D eigenvalue weighted by Gasteiger charge is -2.16. The first-order chi connectivity index (χ1) is 9.71. The molecule has 1 saturated carbocycles. The molecule has 0 aliphatic heterocycles. The van der Waals surface area contributed by atoms with Gasteiger partial charge in [-0.05, 0) is 30.5 Å². The van der Waals surface area contributed by atoms with Crippen LogP contribution in [0.3, 0.4) is 0 Å². The zero-order valence-corrected chi connectivity index (χ0v) is 11.1. The Morgan fingerprint density at radius 3 is 2.70 bits per heavy atom. The van der Waals surface area contributed by atoms with Gasteiger partial charge in [0.1, 0.15) is 0 Å². The number of amides is 1. The summed E-state index contributed by atoms with van der Waals surface area (Å²) in [5, 5.41) is 10.6. The SMILES string of the molecule is Nc1ccc(C2(C(=O)NCCn3ccnn3)CC2)cc1. The molecular formula is C14H17N5O. The van der Waals surface area contributed by atoms with Gasteiger partial charge in [0, 0.05) is 18.4 Å². The minimum atomic E-state index is -0.351. The Kier molecular flexibility index (Phi) is 3.14. The Balaban J connectivity index is 1.60. The molecule has 1 aromatic heterocycles. The van der Waals surface area contributed by atoms with Gasteiger partial charge in [-0.3, -0.25) is 9.48 Å². The van der Waals surface area contributed by atoms with E-state index in [0.29, 0.717) is 13.1 Å². The van der Waals surface area contributed by atoms with E-state index in [0.717, 1.165) is 24.1 Å². The molecule has 0 bridgehead atoms. The maximum atomic E-state index is 12.4. The molecule has 3 N–H and O–H groups in total. The summed E-state index contributed by atoms with van der Waals surface area (Å²) in [6.45, 7) is 1.18. The highest BCUT2D eigenvalue weighted by Crippen LogP contribution is 2.48. The second-order valence-corrected chi connectivity index (χ2v) is 5.13. The fourth-order valence-electron chi connectivity index (χ4n) is 2.38. The standard InChI is InChI=1S/C14H17N5O/c15-12-3-1-11(2-4-12)14(5-6-14)13(20)16-7-9-19-10-8-17-18-19/h1-4,8,10H,5-7,9,15H2,(H,16,20). The summed E-state index contributed by atoms with van der Waals surface area (Å²) in [4.78, 5) is 12.4. The van der Waals surface area contributed by atoms with Gasteiger partial charge in [-0.15, -0.1) is 5.10 Å². The Morgan fingerprint density at radius 1 is 1.35 bits per heavy atom. The summed E-state index contributed by atoms with van der Waals surface area (Å²) in [5.41, 5.74) is 7.10. The van der Waals surface area contributed by atoms with Crippen molar-refractivity contribution in [2.45, 2.75) is 24.8 Å². The average Bonchev–Trinajstić information content (AvgIpc) is 3.10. The second kappa shape index (κ2) is 4.96. The van der Waals surface area contributed by atoms with Crippen LogP contribution in [0.2, 0.25) is 0 Å². The van der Waals surface area contributed by atoms with Crippen molar-refractivity contribution >= 4 is 11.6 Å². The summed E-state index contributed by atoms with van der Waals surface area (Å²) in [7, 11) is 0. The van der Waals surface area contributed by atoms with E-state index in [2.05, 4.69) is 15.6 Å². The van der Waals surface area contributed by atoms with Crippen molar-refractivity contribution in [3.05, 3.63) is 42.2 Å². The van der Waals surface area contributed by atoms with Crippen molar-refractivity contribution in [3.63, 3.8) is 0 Å². The first-order valence-electron chi connectivity index (χ1n) is 6.69. The van der Waals surface area contributed by atoms with Crippen molar-refractivity contribution in [1.82, 2.24) is 20.3 Å². The number of rotatable bonds is 5. The Labute approximate surface area is 117 Å². The summed E-state index contributed by atoms with van der Waals surface area (Å²) < 4.78 is 1.70. The smallest absolute Gasteiger partial charge is 0.230 e. The third kappa shape index (κ3) is 2.36. The van der Waals surface area contributed by atoms with Crippen LogP contribution in [0.15, 0.2) is 36.7 Å². The van der Waals surface area contributed by atoms with Crippen LogP contribution in [-0.4, -0.2) is 27.4 Å². The van der Waals surface area contributed by atoms with Gasteiger partial charge in [0.25, 0.3) is 0 Å². The highest BCUT2D eigenvalue weighted by Gasteiger charge is 2.50. The number of aromatic nitrogens is 3. The minimum absolute atomic E-state index is 0.0855. The Bertz CT molecular complexity index is 587. The number of carbonyl (C=O) groups is 1. The number of nitrogens with two attached hydrogens (primary N) is 1. The van der Waals surface area contributed by atoms with Crippen LogP contribution in [0.4, 0.5) is 5.69 Å². The van der Waals surface area contributed by atoms with Gasteiger partial charge in [0.2, 0.25) is 5.91 Å². The molecule has 1 aliphatic carbocycles. The average molecular weight is 271 g/mol. The molecule has 0 spiro atoms. The summed E-state index contributed by atoms with van der Waals surface area (Å²) in [5.74, 6) is 0.0855. The van der Waals surface area contributed by atoms with Crippen molar-refractivity contribution in [3.8, 4) is 0 Å². The number of anilines is 1. The third-order valence-corrected chi connectivity index (χ3v) is 3.75. The summed E-state index contributed by atoms with van der Waals surface area (Å²) >= 11 is 0. The molecule has 6 heteroatoms. The molecule has 0 atom stereocenters. The van der Waals surface area contributed by atoms with Gasteiger partial charge in [-0.1, -0.05) is 17.3 Å². The van der Waals surface area contributed by atoms with E-state index in [1.54, 1.807) is 17.1 Å². The van der Waals surface area contributed by atoms with Crippen molar-refractivity contribution in [2.24, 2.45) is 0 Å². The van der Waals surface area contributed by atoms with Crippen molar-refractivity contribution < 1.29 is 4.79 Å². The lowest BCUT2D eigenvalue weighted by molar-refractivity contribution is -0.123. The lowest BCUT2D eigenvalue weighted by atomic mass is 9.95. The molecule has 0 saturated heterocycles. The van der Waals surface area contributed by atoms with E-state index in [-0.39, 0.29) is 11.3 Å². The van der Waals surface area contributed by atoms with E-state index in [1.807, 2.05) is 24.3 Å². The lowest BCUT2D eigenvalue weighted by Crippen LogP contribution is -2.36. The van der Waals surface area contributed by atoms with Crippen LogP contribution < -0.4 is 11.1 Å². The number of nitrogens with one attached hydrogen (secondary N) is 1. The number of nitrogen functional groups attached to an aromatic ring is 1. The highest BCUT2D eigenvalue weighted by molar-refractivity contribution is 5.91. The van der Waals surface area contributed by atoms with Crippen LogP contribution in [0.5, 0.6) is 0 Å². The maximum Gasteiger partial charge on any atom is 0.230 e. The zero-order chi connectivity index (χ0) is 14.0. The molecule has 1 heterocycles. The van der Waals surface area contributed by atoms with Crippen molar-refractivity contribution in [2.75, 3.05) is 12.3 Å². The predicted molar refractivity (Wildman–Crippen MR) is 74.8 cm³/mol. The molecule has 2 aromatic rings. The Hall–Kier alpha value is -2.37. The summed E-state index contributed by atoms with van der Waals surface area (Å²) in [6, 6.07) is 7.58. The number of hydrogen-bond acceptors (Lipinski definition) is 4. The van der Waals surface area contributed by atoms with Crippen LogP contribution in [0.25, 0.3) is 0 Å². The first-order valence-corrected chi connectivity index (χ1v) is 6.69. The Morgan fingerprint density at radius 2 is 2.10 bits per heavy atom. The van der Waals surface area contributed by atoms with Gasteiger partial charge in [0.05, 0.1) is 18.2 Å². The minimum Gasteiger partial charge on any atom is -0.399 e. The van der Waals surface area contributed by atoms with E-state index in [9.17, 15) is 4.79 Å². The molecule has 0 radical (unpaired) electrons. The van der Waals surface area contributed by atoms with Crippen LogP contribution >= 0.6 is 0 Å². The summed E-state index contributed by atoms with van der Waals surface area (Å²) in [6.07, 6.45) is 5.19. The maximum absolute atomic E-state index is 12.4. The molecule has 1 aliphatic rings. The van der Waals surface area contributed by atoms with Crippen LogP contribution in [0.1, 0.15) is 18.4 Å². The van der Waals surface area contributed by atoms with E-state index in [1.165, 1.54) is 0 Å². The van der Waals surface area contributed by atoms with Crippen LogP contribution in [-0.2, 0) is 16.8 Å². The molecule has 3 rings (SSSR count). The molecule has 6 nitrogen and oxygen atoms in total. The monoisotopic (exact) mass is 271 g/mol. The zero-order valence-electron chi connectivity index (χ0n) is 11.1. The predicted octanol–water partition coefficient (Wildman–Crippen LogP) is 0.708. The van der Waals surface area contributed by atoms with Gasteiger partial charge < -0.3 is 11.1 Å². The number of benzene rings is 1. The molecule has 1 fully saturated rings. The highest BCUT2D eigenvalue weighted by atomic mass is 16.2. The molecule has 0 unspecified atom stereocenters. The van der Waals surface area contributed by atoms with Crippen molar-refractivity contribution in [1.29, 1.82) is 0 Å². The fraction of sp³-hybridized carbons (Fsp3) is 0.357. The topological polar surface area (TPSA) is 85.8 Å². The second-order valence-electron chi connectivity index (χ2n) is 5.13. The molecule has 1 amide bonds. The van der Waals surface area contributed by atoms with E-state index < -0.39 is 0 Å². The quantitative estimate of drug-likeness (QED) is 0.784. The van der Waals surface area contributed by atoms with E-state index >= 15 is 0 Å². The normalized spacial score (nSPS) is 15.8. The fourth-order valence-corrected chi connectivity index (χ4v) is 2.38. The third-order valence-electron chi connectivity index (χ3n) is 3.75. The van der Waals surface area contributed by atoms with Gasteiger partial charge in [0.15, 0.2) is 0 Å². The molecule has 1 aromatic carbocycles. The van der Waals surface area contributed by atoms with Gasteiger partial charge >= 0.3 is 0 Å². The van der Waals surface area contributed by atoms with Crippen LogP contribution in [0, 0.1) is 0 Å². The number of hydrogen-bond donors (Lipinski definition) is 2. The molecule has 20 heavy (non-hydrogen) atoms. The molecule has 104 valence electrons. The molecular weight excluding hydrogens is 254 g/mol. The van der Waals surface area contributed by atoms with E-state index in [4.69, 9.17) is 5.73 Å². The van der Waals surface area contributed by atoms with Gasteiger partial charge in [-0.25, -0.2) is 0 Å². The first kappa shape index (κ1) is 12.7. The number of carbonyl (C=O) groups excluding carboxylic acids is 1.